The fraction of sp³-hybridized carbons (Fsp3) is 0.400. The van der Waals surface area contributed by atoms with Crippen LogP contribution in [0.2, 0.25) is 0 Å². The van der Waals surface area contributed by atoms with Gasteiger partial charge in [-0.3, -0.25) is 4.79 Å². The summed E-state index contributed by atoms with van der Waals surface area (Å²) in [5, 5.41) is 29.3. The second kappa shape index (κ2) is 5.67. The number of hydrogen-bond acceptors (Lipinski definition) is 5. The third kappa shape index (κ3) is 3.19. The number of aliphatic hydroxyl groups excluding tert-OH is 3. The van der Waals surface area contributed by atoms with Gasteiger partial charge >= 0.3 is 0 Å². The molecule has 0 radical (unpaired) electrons. The molecule has 0 aliphatic heterocycles. The van der Waals surface area contributed by atoms with E-state index in [1.54, 1.807) is 0 Å². The molecule has 1 rings (SSSR count). The molecule has 7 heteroatoms. The van der Waals surface area contributed by atoms with Gasteiger partial charge in [-0.1, -0.05) is 0 Å². The molecular formula is C10H13FN2O4. The highest BCUT2D eigenvalue weighted by Gasteiger charge is 2.30. The summed E-state index contributed by atoms with van der Waals surface area (Å²) in [6.45, 7) is -1.87. The Morgan fingerprint density at radius 3 is 2.29 bits per heavy atom. The number of carbonyl (C=O) groups is 1. The third-order valence-electron chi connectivity index (χ3n) is 2.28. The number of nitrogens with zero attached hydrogens (tertiary/aromatic N) is 1. The Labute approximate surface area is 96.7 Å². The van der Waals surface area contributed by atoms with Crippen molar-refractivity contribution in [1.29, 1.82) is 0 Å². The number of halogens is 1. The predicted octanol–water partition coefficient (Wildman–Crippen LogP) is -1.33. The van der Waals surface area contributed by atoms with Crippen molar-refractivity contribution in [2.24, 2.45) is 0 Å². The standard InChI is InChI=1S/C10H13FN2O4/c11-8-2-1-7(3-12-8)9(17)13-10(4-14,5-15)6-16/h1-3,14-16H,4-6H2,(H,13,17). The number of aliphatic hydroxyl groups is 3. The van der Waals surface area contributed by atoms with Gasteiger partial charge in [0.15, 0.2) is 0 Å². The fourth-order valence-electron chi connectivity index (χ4n) is 1.09. The molecule has 6 nitrogen and oxygen atoms in total. The van der Waals surface area contributed by atoms with E-state index in [1.807, 2.05) is 0 Å². The van der Waals surface area contributed by atoms with Gasteiger partial charge in [0, 0.05) is 6.20 Å². The maximum absolute atomic E-state index is 12.5. The van der Waals surface area contributed by atoms with Gasteiger partial charge in [0.05, 0.1) is 25.4 Å². The maximum atomic E-state index is 12.5. The zero-order valence-corrected chi connectivity index (χ0v) is 8.93. The first kappa shape index (κ1) is 13.5. The Kier molecular flexibility index (Phi) is 4.50. The maximum Gasteiger partial charge on any atom is 0.253 e. The monoisotopic (exact) mass is 244 g/mol. The molecule has 0 fully saturated rings. The average molecular weight is 244 g/mol. The van der Waals surface area contributed by atoms with Crippen LogP contribution in [-0.4, -0.2) is 51.6 Å². The number of rotatable bonds is 5. The van der Waals surface area contributed by atoms with Crippen molar-refractivity contribution < 1.29 is 24.5 Å². The topological polar surface area (TPSA) is 103 Å². The Balaban J connectivity index is 2.81. The van der Waals surface area contributed by atoms with Crippen LogP contribution >= 0.6 is 0 Å². The van der Waals surface area contributed by atoms with Gasteiger partial charge in [0.25, 0.3) is 5.91 Å². The fourth-order valence-corrected chi connectivity index (χ4v) is 1.09. The molecule has 4 N–H and O–H groups in total. The highest BCUT2D eigenvalue weighted by Crippen LogP contribution is 2.05. The minimum Gasteiger partial charge on any atom is -0.394 e. The summed E-state index contributed by atoms with van der Waals surface area (Å²) in [5.41, 5.74) is -1.45. The first-order chi connectivity index (χ1) is 8.06. The second-order valence-electron chi connectivity index (χ2n) is 3.58. The van der Waals surface area contributed by atoms with Crippen molar-refractivity contribution in [3.8, 4) is 0 Å². The Bertz CT molecular complexity index is 370. The Morgan fingerprint density at radius 2 is 1.88 bits per heavy atom. The largest absolute Gasteiger partial charge is 0.394 e. The minimum absolute atomic E-state index is 0.0612. The van der Waals surface area contributed by atoms with Gasteiger partial charge in [0.2, 0.25) is 5.95 Å². The van der Waals surface area contributed by atoms with E-state index in [1.165, 1.54) is 6.07 Å². The smallest absolute Gasteiger partial charge is 0.253 e. The normalized spacial score (nSPS) is 11.3. The van der Waals surface area contributed by atoms with Crippen molar-refractivity contribution in [2.75, 3.05) is 19.8 Å². The molecule has 0 saturated heterocycles. The molecule has 1 amide bonds. The molecule has 0 aliphatic carbocycles. The highest BCUT2D eigenvalue weighted by molar-refractivity contribution is 5.94. The quantitative estimate of drug-likeness (QED) is 0.480. The molecule has 0 saturated carbocycles. The van der Waals surface area contributed by atoms with Crippen molar-refractivity contribution in [3.05, 3.63) is 29.8 Å². The van der Waals surface area contributed by atoms with Crippen molar-refractivity contribution in [3.63, 3.8) is 0 Å². The zero-order valence-electron chi connectivity index (χ0n) is 8.93. The van der Waals surface area contributed by atoms with Gasteiger partial charge in [0.1, 0.15) is 5.54 Å². The van der Waals surface area contributed by atoms with Crippen molar-refractivity contribution in [2.45, 2.75) is 5.54 Å². The van der Waals surface area contributed by atoms with Crippen LogP contribution in [0, 0.1) is 5.95 Å². The van der Waals surface area contributed by atoms with E-state index in [0.29, 0.717) is 0 Å². The molecular weight excluding hydrogens is 231 g/mol. The minimum atomic E-state index is -1.51. The lowest BCUT2D eigenvalue weighted by atomic mass is 10.0. The first-order valence-corrected chi connectivity index (χ1v) is 4.83. The third-order valence-corrected chi connectivity index (χ3v) is 2.28. The number of amides is 1. The number of hydrogen-bond donors (Lipinski definition) is 4. The summed E-state index contributed by atoms with van der Waals surface area (Å²) in [6.07, 6.45) is 1.02. The molecule has 0 aliphatic rings. The predicted molar refractivity (Wildman–Crippen MR) is 55.6 cm³/mol. The molecule has 94 valence electrons. The summed E-state index contributed by atoms with van der Waals surface area (Å²) >= 11 is 0. The molecule has 0 aromatic carbocycles. The summed E-state index contributed by atoms with van der Waals surface area (Å²) < 4.78 is 12.5. The molecule has 0 spiro atoms. The molecule has 17 heavy (non-hydrogen) atoms. The SMILES string of the molecule is O=C(NC(CO)(CO)CO)c1ccc(F)nc1. The van der Waals surface area contributed by atoms with Gasteiger partial charge in [-0.25, -0.2) is 4.98 Å². The second-order valence-corrected chi connectivity index (χ2v) is 3.58. The molecule has 0 bridgehead atoms. The zero-order chi connectivity index (χ0) is 12.9. The van der Waals surface area contributed by atoms with Crippen LogP contribution in [0.25, 0.3) is 0 Å². The van der Waals surface area contributed by atoms with Crippen LogP contribution < -0.4 is 5.32 Å². The van der Waals surface area contributed by atoms with Crippen LogP contribution in [-0.2, 0) is 0 Å². The lowest BCUT2D eigenvalue weighted by Crippen LogP contribution is -2.57. The number of nitrogens with one attached hydrogen (secondary N) is 1. The van der Waals surface area contributed by atoms with E-state index >= 15 is 0 Å². The van der Waals surface area contributed by atoms with E-state index in [0.717, 1.165) is 12.3 Å². The van der Waals surface area contributed by atoms with E-state index in [2.05, 4.69) is 10.3 Å². The molecule has 0 unspecified atom stereocenters. The van der Waals surface area contributed by atoms with Crippen LogP contribution in [0.1, 0.15) is 10.4 Å². The van der Waals surface area contributed by atoms with Gasteiger partial charge < -0.3 is 20.6 Å². The van der Waals surface area contributed by atoms with Gasteiger partial charge in [-0.2, -0.15) is 4.39 Å². The average Bonchev–Trinajstić information content (AvgIpc) is 2.37. The van der Waals surface area contributed by atoms with Crippen LogP contribution in [0.15, 0.2) is 18.3 Å². The van der Waals surface area contributed by atoms with Crippen LogP contribution in [0.3, 0.4) is 0 Å². The lowest BCUT2D eigenvalue weighted by molar-refractivity contribution is 0.0375. The van der Waals surface area contributed by atoms with Crippen LogP contribution in [0.5, 0.6) is 0 Å². The number of pyridine rings is 1. The Hall–Kier alpha value is -1.57. The molecule has 0 atom stereocenters. The van der Waals surface area contributed by atoms with E-state index in [4.69, 9.17) is 15.3 Å². The van der Waals surface area contributed by atoms with Crippen molar-refractivity contribution >= 4 is 5.91 Å². The summed E-state index contributed by atoms with van der Waals surface area (Å²) in [7, 11) is 0. The van der Waals surface area contributed by atoms with E-state index in [-0.39, 0.29) is 5.56 Å². The molecule has 1 aromatic rings. The highest BCUT2D eigenvalue weighted by atomic mass is 19.1. The van der Waals surface area contributed by atoms with Gasteiger partial charge in [-0.05, 0) is 12.1 Å². The molecule has 1 heterocycles. The summed E-state index contributed by atoms with van der Waals surface area (Å²) in [4.78, 5) is 14.9. The summed E-state index contributed by atoms with van der Waals surface area (Å²) in [5.74, 6) is -1.39. The van der Waals surface area contributed by atoms with Crippen molar-refractivity contribution in [1.82, 2.24) is 10.3 Å². The first-order valence-electron chi connectivity index (χ1n) is 4.83. The lowest BCUT2D eigenvalue weighted by Gasteiger charge is -2.28. The van der Waals surface area contributed by atoms with E-state index < -0.39 is 37.2 Å². The number of carbonyl (C=O) groups excluding carboxylic acids is 1. The number of aromatic nitrogens is 1. The summed E-state index contributed by atoms with van der Waals surface area (Å²) in [6, 6.07) is 2.21. The Morgan fingerprint density at radius 1 is 1.29 bits per heavy atom. The van der Waals surface area contributed by atoms with Gasteiger partial charge in [-0.15, -0.1) is 0 Å². The molecule has 1 aromatic heterocycles. The van der Waals surface area contributed by atoms with E-state index in [9.17, 15) is 9.18 Å². The van der Waals surface area contributed by atoms with Crippen LogP contribution in [0.4, 0.5) is 4.39 Å².